The molecule has 1 atom stereocenters. The maximum atomic E-state index is 12.7. The third-order valence-electron chi connectivity index (χ3n) is 5.92. The predicted octanol–water partition coefficient (Wildman–Crippen LogP) is 4.05. The summed E-state index contributed by atoms with van der Waals surface area (Å²) in [5, 5.41) is 8.29. The van der Waals surface area contributed by atoms with Gasteiger partial charge in [-0.1, -0.05) is 66.7 Å². The zero-order valence-corrected chi connectivity index (χ0v) is 19.1. The molecule has 7 heteroatoms. The van der Waals surface area contributed by atoms with E-state index in [1.165, 1.54) is 0 Å². The van der Waals surface area contributed by atoms with E-state index in [0.717, 1.165) is 22.3 Å². The summed E-state index contributed by atoms with van der Waals surface area (Å²) in [7, 11) is 0. The Morgan fingerprint density at radius 2 is 1.62 bits per heavy atom. The van der Waals surface area contributed by atoms with Crippen LogP contribution in [0.5, 0.6) is 0 Å². The minimum atomic E-state index is -0.663. The van der Waals surface area contributed by atoms with Gasteiger partial charge in [-0.2, -0.15) is 0 Å². The maximum absolute atomic E-state index is 12.7. The molecule has 3 N–H and O–H groups in total. The number of hydrogen-bond acceptors (Lipinski definition) is 4. The number of anilines is 1. The third-order valence-corrected chi connectivity index (χ3v) is 5.92. The Kier molecular flexibility index (Phi) is 6.63. The molecule has 0 bridgehead atoms. The van der Waals surface area contributed by atoms with Crippen molar-refractivity contribution in [2.45, 2.75) is 31.9 Å². The normalized spacial score (nSPS) is 16.1. The van der Waals surface area contributed by atoms with Crippen molar-refractivity contribution < 1.29 is 19.1 Å². The second-order valence-corrected chi connectivity index (χ2v) is 8.70. The predicted molar refractivity (Wildman–Crippen MR) is 129 cm³/mol. The van der Waals surface area contributed by atoms with Gasteiger partial charge < -0.3 is 20.7 Å². The molecule has 3 amide bonds. The summed E-state index contributed by atoms with van der Waals surface area (Å²) in [4.78, 5) is 36.8. The average molecular weight is 458 g/mol. The summed E-state index contributed by atoms with van der Waals surface area (Å²) < 4.78 is 5.10. The highest BCUT2D eigenvalue weighted by molar-refractivity contribution is 5.94. The molecule has 1 aliphatic heterocycles. The Bertz CT molecular complexity index is 1190. The SMILES string of the molecule is CC1(C)C(=O)NC(c2ccc(NC(=O)CNC(=O)OCc3ccccc3)cc2)c2ccccc21. The lowest BCUT2D eigenvalue weighted by Crippen LogP contribution is -2.47. The monoisotopic (exact) mass is 457 g/mol. The number of benzene rings is 3. The molecule has 3 aromatic carbocycles. The molecule has 7 nitrogen and oxygen atoms in total. The lowest BCUT2D eigenvalue weighted by atomic mass is 9.75. The van der Waals surface area contributed by atoms with E-state index >= 15 is 0 Å². The van der Waals surface area contributed by atoms with Gasteiger partial charge in [-0.3, -0.25) is 9.59 Å². The van der Waals surface area contributed by atoms with Crippen LogP contribution in [0, 0.1) is 0 Å². The molecular formula is C27H27N3O4. The van der Waals surface area contributed by atoms with Gasteiger partial charge in [-0.25, -0.2) is 4.79 Å². The quantitative estimate of drug-likeness (QED) is 0.520. The zero-order chi connectivity index (χ0) is 24.1. The van der Waals surface area contributed by atoms with Crippen LogP contribution in [-0.4, -0.2) is 24.5 Å². The van der Waals surface area contributed by atoms with Gasteiger partial charge in [0.2, 0.25) is 11.8 Å². The molecule has 0 fully saturated rings. The van der Waals surface area contributed by atoms with Crippen molar-refractivity contribution in [3.8, 4) is 0 Å². The number of amides is 3. The first-order chi connectivity index (χ1) is 16.3. The fourth-order valence-electron chi connectivity index (χ4n) is 3.98. The topological polar surface area (TPSA) is 96.5 Å². The molecule has 0 saturated carbocycles. The molecule has 1 aliphatic rings. The number of rotatable bonds is 6. The van der Waals surface area contributed by atoms with Crippen LogP contribution in [0.25, 0.3) is 0 Å². The van der Waals surface area contributed by atoms with Crippen molar-refractivity contribution in [3.63, 3.8) is 0 Å². The van der Waals surface area contributed by atoms with E-state index in [0.29, 0.717) is 5.69 Å². The lowest BCUT2D eigenvalue weighted by Gasteiger charge is -2.37. The van der Waals surface area contributed by atoms with Crippen molar-refractivity contribution in [3.05, 3.63) is 101 Å². The third kappa shape index (κ3) is 5.09. The lowest BCUT2D eigenvalue weighted by molar-refractivity contribution is -0.127. The van der Waals surface area contributed by atoms with Gasteiger partial charge in [0.1, 0.15) is 13.2 Å². The summed E-state index contributed by atoms with van der Waals surface area (Å²) in [5.41, 5.74) is 3.83. The number of nitrogens with one attached hydrogen (secondary N) is 3. The van der Waals surface area contributed by atoms with Crippen LogP contribution in [0.4, 0.5) is 10.5 Å². The van der Waals surface area contributed by atoms with Crippen molar-refractivity contribution in [2.24, 2.45) is 0 Å². The summed E-state index contributed by atoms with van der Waals surface area (Å²) in [6, 6.07) is 24.3. The van der Waals surface area contributed by atoms with Crippen LogP contribution in [0.1, 0.15) is 42.1 Å². The molecule has 0 spiro atoms. The molecule has 0 radical (unpaired) electrons. The Morgan fingerprint density at radius 1 is 0.941 bits per heavy atom. The zero-order valence-electron chi connectivity index (χ0n) is 19.1. The van der Waals surface area contributed by atoms with Crippen LogP contribution in [0.15, 0.2) is 78.9 Å². The molecule has 0 saturated heterocycles. The average Bonchev–Trinajstić information content (AvgIpc) is 2.85. The fourth-order valence-corrected chi connectivity index (χ4v) is 3.98. The minimum absolute atomic E-state index is 0.0289. The number of carbonyl (C=O) groups is 3. The van der Waals surface area contributed by atoms with E-state index in [-0.39, 0.29) is 31.0 Å². The highest BCUT2D eigenvalue weighted by Crippen LogP contribution is 2.38. The largest absolute Gasteiger partial charge is 0.445 e. The van der Waals surface area contributed by atoms with Gasteiger partial charge in [0.25, 0.3) is 0 Å². The fraction of sp³-hybridized carbons (Fsp3) is 0.222. The van der Waals surface area contributed by atoms with Crippen LogP contribution < -0.4 is 16.0 Å². The van der Waals surface area contributed by atoms with Gasteiger partial charge in [-0.05, 0) is 48.2 Å². The first kappa shape index (κ1) is 23.0. The summed E-state index contributed by atoms with van der Waals surface area (Å²) in [6.07, 6.45) is -0.663. The standard InChI is InChI=1S/C27H27N3O4/c1-27(2)22-11-7-6-10-21(22)24(30-25(27)32)19-12-14-20(15-13-19)29-23(31)16-28-26(33)34-17-18-8-4-3-5-9-18/h3-15,24H,16-17H2,1-2H3,(H,28,33)(H,29,31)(H,30,32). The molecular weight excluding hydrogens is 430 g/mol. The Hall–Kier alpha value is -4.13. The van der Waals surface area contributed by atoms with E-state index in [9.17, 15) is 14.4 Å². The molecule has 0 aliphatic carbocycles. The maximum Gasteiger partial charge on any atom is 0.407 e. The van der Waals surface area contributed by atoms with Crippen LogP contribution in [0.3, 0.4) is 0 Å². The van der Waals surface area contributed by atoms with E-state index in [2.05, 4.69) is 16.0 Å². The van der Waals surface area contributed by atoms with Crippen LogP contribution in [-0.2, 0) is 26.3 Å². The van der Waals surface area contributed by atoms with E-state index in [4.69, 9.17) is 4.74 Å². The first-order valence-corrected chi connectivity index (χ1v) is 11.1. The van der Waals surface area contributed by atoms with Gasteiger partial charge >= 0.3 is 6.09 Å². The second-order valence-electron chi connectivity index (χ2n) is 8.70. The molecule has 1 heterocycles. The van der Waals surface area contributed by atoms with Gasteiger partial charge in [0.15, 0.2) is 0 Å². The number of hydrogen-bond donors (Lipinski definition) is 3. The van der Waals surface area contributed by atoms with Crippen molar-refractivity contribution in [1.29, 1.82) is 0 Å². The molecule has 0 aromatic heterocycles. The summed E-state index contributed by atoms with van der Waals surface area (Å²) in [6.45, 7) is 3.76. The summed E-state index contributed by atoms with van der Waals surface area (Å²) >= 11 is 0. The van der Waals surface area contributed by atoms with E-state index < -0.39 is 11.5 Å². The van der Waals surface area contributed by atoms with Crippen molar-refractivity contribution in [1.82, 2.24) is 10.6 Å². The number of ether oxygens (including phenoxy) is 1. The van der Waals surface area contributed by atoms with Crippen LogP contribution in [0.2, 0.25) is 0 Å². The Labute approximate surface area is 198 Å². The van der Waals surface area contributed by atoms with Gasteiger partial charge in [0, 0.05) is 5.69 Å². The van der Waals surface area contributed by atoms with Gasteiger partial charge in [-0.15, -0.1) is 0 Å². The number of carbonyl (C=O) groups excluding carboxylic acids is 3. The van der Waals surface area contributed by atoms with Gasteiger partial charge in [0.05, 0.1) is 11.5 Å². The molecule has 3 aromatic rings. The molecule has 34 heavy (non-hydrogen) atoms. The molecule has 1 unspecified atom stereocenters. The molecule has 4 rings (SSSR count). The highest BCUT2D eigenvalue weighted by Gasteiger charge is 2.39. The number of alkyl carbamates (subject to hydrolysis) is 1. The first-order valence-electron chi connectivity index (χ1n) is 11.1. The Morgan fingerprint density at radius 3 is 2.35 bits per heavy atom. The summed E-state index contributed by atoms with van der Waals surface area (Å²) in [5.74, 6) is -0.402. The van der Waals surface area contributed by atoms with Crippen molar-refractivity contribution in [2.75, 3.05) is 11.9 Å². The smallest absolute Gasteiger partial charge is 0.407 e. The minimum Gasteiger partial charge on any atom is -0.445 e. The van der Waals surface area contributed by atoms with E-state index in [1.54, 1.807) is 12.1 Å². The second kappa shape index (κ2) is 9.79. The molecule has 174 valence electrons. The van der Waals surface area contributed by atoms with E-state index in [1.807, 2.05) is 80.6 Å². The van der Waals surface area contributed by atoms with Crippen molar-refractivity contribution >= 4 is 23.6 Å². The number of fused-ring (bicyclic) bond motifs is 1. The van der Waals surface area contributed by atoms with Crippen LogP contribution >= 0.6 is 0 Å². The highest BCUT2D eigenvalue weighted by atomic mass is 16.5. The Balaban J connectivity index is 1.33.